The van der Waals surface area contributed by atoms with E-state index in [0.29, 0.717) is 6.04 Å². The highest BCUT2D eigenvalue weighted by molar-refractivity contribution is 5.85. The van der Waals surface area contributed by atoms with Crippen molar-refractivity contribution in [3.05, 3.63) is 29.3 Å². The summed E-state index contributed by atoms with van der Waals surface area (Å²) in [6.07, 6.45) is 3.99. The van der Waals surface area contributed by atoms with Crippen molar-refractivity contribution in [2.24, 2.45) is 0 Å². The van der Waals surface area contributed by atoms with E-state index in [4.69, 9.17) is 0 Å². The lowest BCUT2D eigenvalue weighted by Gasteiger charge is -2.08. The zero-order valence-corrected chi connectivity index (χ0v) is 13.7. The van der Waals surface area contributed by atoms with E-state index in [0.717, 1.165) is 24.5 Å². The Balaban J connectivity index is 0.00000200. The average molecular weight is 298 g/mol. The predicted molar refractivity (Wildman–Crippen MR) is 84.6 cm³/mol. The number of rotatable bonds is 5. The molecule has 0 atom stereocenters. The van der Waals surface area contributed by atoms with Gasteiger partial charge in [0.25, 0.3) is 0 Å². The van der Waals surface area contributed by atoms with Crippen LogP contribution in [0.25, 0.3) is 0 Å². The summed E-state index contributed by atoms with van der Waals surface area (Å²) in [5.41, 5.74) is 4.59. The minimum absolute atomic E-state index is 0. The molecule has 0 aromatic carbocycles. The van der Waals surface area contributed by atoms with E-state index in [2.05, 4.69) is 49.4 Å². The molecule has 0 aliphatic heterocycles. The second-order valence-electron chi connectivity index (χ2n) is 5.15. The third-order valence-corrected chi connectivity index (χ3v) is 3.35. The molecule has 0 radical (unpaired) electrons. The van der Waals surface area contributed by atoms with Crippen LogP contribution in [-0.2, 0) is 13.1 Å². The molecular formula is C14H24ClN5. The van der Waals surface area contributed by atoms with E-state index in [9.17, 15) is 0 Å². The monoisotopic (exact) mass is 297 g/mol. The van der Waals surface area contributed by atoms with Gasteiger partial charge < -0.3 is 5.32 Å². The quantitative estimate of drug-likeness (QED) is 0.921. The standard InChI is InChI=1S/C14H23N5.ClH/c1-6-18-14(11(4)7-16-18)8-15-13-9-19(10(2)3)17-12(13)5;/h7,9-10,15H,6,8H2,1-5H3;1H. The highest BCUT2D eigenvalue weighted by atomic mass is 35.5. The van der Waals surface area contributed by atoms with Gasteiger partial charge in [-0.25, -0.2) is 0 Å². The molecule has 0 aliphatic rings. The first-order valence-corrected chi connectivity index (χ1v) is 6.83. The number of aryl methyl sites for hydroxylation is 3. The Morgan fingerprint density at radius 1 is 1.30 bits per heavy atom. The van der Waals surface area contributed by atoms with Crippen molar-refractivity contribution in [1.82, 2.24) is 19.6 Å². The highest BCUT2D eigenvalue weighted by Gasteiger charge is 2.09. The lowest BCUT2D eigenvalue weighted by atomic mass is 10.2. The Labute approximate surface area is 126 Å². The van der Waals surface area contributed by atoms with Crippen LogP contribution in [0.15, 0.2) is 12.4 Å². The first kappa shape index (κ1) is 16.6. The number of aromatic nitrogens is 4. The topological polar surface area (TPSA) is 47.7 Å². The van der Waals surface area contributed by atoms with Gasteiger partial charge in [0.15, 0.2) is 0 Å². The Hall–Kier alpha value is -1.49. The summed E-state index contributed by atoms with van der Waals surface area (Å²) in [6.45, 7) is 12.2. The van der Waals surface area contributed by atoms with Gasteiger partial charge in [-0.3, -0.25) is 9.36 Å². The summed E-state index contributed by atoms with van der Waals surface area (Å²) in [7, 11) is 0. The highest BCUT2D eigenvalue weighted by Crippen LogP contribution is 2.17. The third-order valence-electron chi connectivity index (χ3n) is 3.35. The number of hydrogen-bond donors (Lipinski definition) is 1. The largest absolute Gasteiger partial charge is 0.377 e. The van der Waals surface area contributed by atoms with Crippen LogP contribution < -0.4 is 5.32 Å². The molecule has 0 saturated carbocycles. The first-order chi connectivity index (χ1) is 9.02. The molecule has 0 fully saturated rings. The molecule has 2 rings (SSSR count). The molecule has 20 heavy (non-hydrogen) atoms. The van der Waals surface area contributed by atoms with Gasteiger partial charge >= 0.3 is 0 Å². The minimum atomic E-state index is 0. The number of anilines is 1. The molecule has 0 saturated heterocycles. The SMILES string of the molecule is CCn1ncc(C)c1CNc1cn(C(C)C)nc1C.Cl. The summed E-state index contributed by atoms with van der Waals surface area (Å²) in [5, 5.41) is 12.3. The van der Waals surface area contributed by atoms with Gasteiger partial charge in [-0.2, -0.15) is 10.2 Å². The Morgan fingerprint density at radius 2 is 2.00 bits per heavy atom. The molecule has 2 aromatic rings. The average Bonchev–Trinajstić information content (AvgIpc) is 2.90. The van der Waals surface area contributed by atoms with E-state index in [1.807, 2.05) is 22.5 Å². The molecule has 2 heterocycles. The maximum absolute atomic E-state index is 4.51. The van der Waals surface area contributed by atoms with Gasteiger partial charge in [-0.15, -0.1) is 12.4 Å². The van der Waals surface area contributed by atoms with Crippen molar-refractivity contribution in [2.75, 3.05) is 5.32 Å². The van der Waals surface area contributed by atoms with Crippen molar-refractivity contribution in [3.8, 4) is 0 Å². The molecule has 0 spiro atoms. The fraction of sp³-hybridized carbons (Fsp3) is 0.571. The summed E-state index contributed by atoms with van der Waals surface area (Å²) in [4.78, 5) is 0. The van der Waals surface area contributed by atoms with Crippen molar-refractivity contribution < 1.29 is 0 Å². The Bertz CT molecular complexity index is 556. The number of nitrogens with zero attached hydrogens (tertiary/aromatic N) is 4. The third kappa shape index (κ3) is 3.33. The Kier molecular flexibility index (Phi) is 5.62. The van der Waals surface area contributed by atoms with Crippen LogP contribution in [0, 0.1) is 13.8 Å². The fourth-order valence-corrected chi connectivity index (χ4v) is 2.11. The van der Waals surface area contributed by atoms with Crippen LogP contribution in [0.1, 0.15) is 43.8 Å². The molecule has 0 bridgehead atoms. The van der Waals surface area contributed by atoms with Crippen LogP contribution >= 0.6 is 12.4 Å². The lowest BCUT2D eigenvalue weighted by molar-refractivity contribution is 0.529. The number of nitrogens with one attached hydrogen (secondary N) is 1. The van der Waals surface area contributed by atoms with Crippen molar-refractivity contribution in [1.29, 1.82) is 0 Å². The van der Waals surface area contributed by atoms with Crippen molar-refractivity contribution in [3.63, 3.8) is 0 Å². The molecule has 1 N–H and O–H groups in total. The second kappa shape index (κ2) is 6.79. The fourth-order valence-electron chi connectivity index (χ4n) is 2.11. The van der Waals surface area contributed by atoms with Crippen LogP contribution in [0.5, 0.6) is 0 Å². The van der Waals surface area contributed by atoms with E-state index in [1.54, 1.807) is 0 Å². The zero-order valence-electron chi connectivity index (χ0n) is 12.8. The summed E-state index contributed by atoms with van der Waals surface area (Å²) in [5.74, 6) is 0. The van der Waals surface area contributed by atoms with Gasteiger partial charge in [0, 0.05) is 18.8 Å². The first-order valence-electron chi connectivity index (χ1n) is 6.83. The molecule has 6 heteroatoms. The van der Waals surface area contributed by atoms with Crippen LogP contribution in [-0.4, -0.2) is 19.6 Å². The van der Waals surface area contributed by atoms with E-state index >= 15 is 0 Å². The van der Waals surface area contributed by atoms with Crippen molar-refractivity contribution >= 4 is 18.1 Å². The molecular weight excluding hydrogens is 274 g/mol. The van der Waals surface area contributed by atoms with Gasteiger partial charge in [0.05, 0.1) is 29.8 Å². The van der Waals surface area contributed by atoms with Crippen molar-refractivity contribution in [2.45, 2.75) is 53.8 Å². The van der Waals surface area contributed by atoms with Gasteiger partial charge in [-0.1, -0.05) is 0 Å². The molecule has 2 aromatic heterocycles. The summed E-state index contributed by atoms with van der Waals surface area (Å²) >= 11 is 0. The number of hydrogen-bond acceptors (Lipinski definition) is 3. The van der Waals surface area contributed by atoms with E-state index in [1.165, 1.54) is 11.3 Å². The lowest BCUT2D eigenvalue weighted by Crippen LogP contribution is -2.09. The van der Waals surface area contributed by atoms with Gasteiger partial charge in [-0.05, 0) is 40.2 Å². The molecule has 0 amide bonds. The smallest absolute Gasteiger partial charge is 0.0825 e. The minimum Gasteiger partial charge on any atom is -0.377 e. The van der Waals surface area contributed by atoms with Gasteiger partial charge in [0.1, 0.15) is 0 Å². The molecule has 0 aliphatic carbocycles. The maximum Gasteiger partial charge on any atom is 0.0825 e. The van der Waals surface area contributed by atoms with Crippen LogP contribution in [0.2, 0.25) is 0 Å². The molecule has 0 unspecified atom stereocenters. The second-order valence-corrected chi connectivity index (χ2v) is 5.15. The van der Waals surface area contributed by atoms with E-state index in [-0.39, 0.29) is 12.4 Å². The van der Waals surface area contributed by atoms with Crippen LogP contribution in [0.4, 0.5) is 5.69 Å². The summed E-state index contributed by atoms with van der Waals surface area (Å²) in [6, 6.07) is 0.386. The Morgan fingerprint density at radius 3 is 2.55 bits per heavy atom. The molecule has 112 valence electrons. The maximum atomic E-state index is 4.51. The normalized spacial score (nSPS) is 10.7. The summed E-state index contributed by atoms with van der Waals surface area (Å²) < 4.78 is 4.02. The van der Waals surface area contributed by atoms with Crippen LogP contribution in [0.3, 0.4) is 0 Å². The van der Waals surface area contributed by atoms with Gasteiger partial charge in [0.2, 0.25) is 0 Å². The number of halogens is 1. The predicted octanol–water partition coefficient (Wildman–Crippen LogP) is 3.33. The van der Waals surface area contributed by atoms with E-state index < -0.39 is 0 Å². The zero-order chi connectivity index (χ0) is 14.0. The molecule has 5 nitrogen and oxygen atoms in total.